The van der Waals surface area contributed by atoms with Crippen LogP contribution in [0.2, 0.25) is 0 Å². The number of nitro groups is 1. The summed E-state index contributed by atoms with van der Waals surface area (Å²) in [7, 11) is 0. The van der Waals surface area contributed by atoms with Gasteiger partial charge in [0.2, 0.25) is 11.8 Å². The minimum atomic E-state index is -0.547. The Hall–Kier alpha value is -2.43. The molecule has 0 unspecified atom stereocenters. The molecule has 0 aliphatic carbocycles. The summed E-state index contributed by atoms with van der Waals surface area (Å²) in [5.41, 5.74) is 5.29. The average Bonchev–Trinajstić information content (AvgIpc) is 2.33. The molecule has 0 fully saturated rings. The SMILES string of the molecule is CC(C)CN(CCC#N)c1nc(N)ncc1[N+](=O)[O-]. The number of nitrogen functional groups attached to an aromatic ring is 1. The van der Waals surface area contributed by atoms with E-state index in [9.17, 15) is 10.1 Å². The number of nitriles is 1. The van der Waals surface area contributed by atoms with Gasteiger partial charge in [-0.25, -0.2) is 4.98 Å². The zero-order valence-electron chi connectivity index (χ0n) is 10.9. The standard InChI is InChI=1S/C11H16N6O2/c1-8(2)7-16(5-3-4-12)10-9(17(18)19)6-14-11(13)15-10/h6,8H,3,5,7H2,1-2H3,(H2,13,14,15). The van der Waals surface area contributed by atoms with Gasteiger partial charge >= 0.3 is 5.69 Å². The summed E-state index contributed by atoms with van der Waals surface area (Å²) in [5, 5.41) is 19.7. The van der Waals surface area contributed by atoms with Crippen LogP contribution in [0.1, 0.15) is 20.3 Å². The average molecular weight is 264 g/mol. The number of hydrogen-bond acceptors (Lipinski definition) is 7. The van der Waals surface area contributed by atoms with E-state index in [-0.39, 0.29) is 29.8 Å². The lowest BCUT2D eigenvalue weighted by molar-refractivity contribution is -0.384. The molecular weight excluding hydrogens is 248 g/mol. The summed E-state index contributed by atoms with van der Waals surface area (Å²) < 4.78 is 0. The van der Waals surface area contributed by atoms with E-state index in [4.69, 9.17) is 11.0 Å². The molecule has 2 N–H and O–H groups in total. The van der Waals surface area contributed by atoms with Crippen LogP contribution in [-0.4, -0.2) is 28.0 Å². The van der Waals surface area contributed by atoms with Crippen LogP contribution in [0.4, 0.5) is 17.5 Å². The van der Waals surface area contributed by atoms with Crippen LogP contribution >= 0.6 is 0 Å². The number of rotatable bonds is 6. The second-order valence-electron chi connectivity index (χ2n) is 4.44. The first-order valence-electron chi connectivity index (χ1n) is 5.84. The fourth-order valence-electron chi connectivity index (χ4n) is 1.65. The maximum absolute atomic E-state index is 11.0. The van der Waals surface area contributed by atoms with Gasteiger partial charge in [-0.15, -0.1) is 0 Å². The van der Waals surface area contributed by atoms with Gasteiger partial charge in [-0.3, -0.25) is 10.1 Å². The van der Waals surface area contributed by atoms with Gasteiger partial charge in [-0.1, -0.05) is 13.8 Å². The number of anilines is 2. The number of aromatic nitrogens is 2. The fourth-order valence-corrected chi connectivity index (χ4v) is 1.65. The van der Waals surface area contributed by atoms with Crippen molar-refractivity contribution in [2.75, 3.05) is 23.7 Å². The molecule has 8 heteroatoms. The second kappa shape index (κ2) is 6.49. The van der Waals surface area contributed by atoms with E-state index < -0.39 is 4.92 Å². The molecule has 8 nitrogen and oxygen atoms in total. The van der Waals surface area contributed by atoms with Gasteiger partial charge in [0.25, 0.3) is 0 Å². The maximum atomic E-state index is 11.0. The van der Waals surface area contributed by atoms with Gasteiger partial charge < -0.3 is 10.6 Å². The first-order chi connectivity index (χ1) is 8.95. The zero-order chi connectivity index (χ0) is 14.4. The highest BCUT2D eigenvalue weighted by Gasteiger charge is 2.22. The van der Waals surface area contributed by atoms with Gasteiger partial charge in [-0.05, 0) is 5.92 Å². The number of hydrogen-bond donors (Lipinski definition) is 1. The van der Waals surface area contributed by atoms with E-state index in [1.54, 1.807) is 4.90 Å². The highest BCUT2D eigenvalue weighted by atomic mass is 16.6. The lowest BCUT2D eigenvalue weighted by Crippen LogP contribution is -2.30. The van der Waals surface area contributed by atoms with E-state index >= 15 is 0 Å². The van der Waals surface area contributed by atoms with Crippen molar-refractivity contribution in [2.45, 2.75) is 20.3 Å². The Bertz CT molecular complexity index is 496. The molecule has 0 radical (unpaired) electrons. The Balaban J connectivity index is 3.15. The number of nitrogens with zero attached hydrogens (tertiary/aromatic N) is 5. The van der Waals surface area contributed by atoms with Gasteiger partial charge in [0.1, 0.15) is 6.20 Å². The van der Waals surface area contributed by atoms with Crippen LogP contribution < -0.4 is 10.6 Å². The predicted molar refractivity (Wildman–Crippen MR) is 70.4 cm³/mol. The van der Waals surface area contributed by atoms with Crippen LogP contribution in [-0.2, 0) is 0 Å². The quantitative estimate of drug-likeness (QED) is 0.607. The monoisotopic (exact) mass is 264 g/mol. The van der Waals surface area contributed by atoms with Crippen molar-refractivity contribution >= 4 is 17.5 Å². The molecule has 0 spiro atoms. The molecule has 0 bridgehead atoms. The molecule has 1 rings (SSSR count). The minimum absolute atomic E-state index is 0.0219. The van der Waals surface area contributed by atoms with E-state index in [1.807, 2.05) is 19.9 Å². The summed E-state index contributed by atoms with van der Waals surface area (Å²) in [5.74, 6) is 0.419. The van der Waals surface area contributed by atoms with Crippen LogP contribution in [0.25, 0.3) is 0 Å². The van der Waals surface area contributed by atoms with Crippen LogP contribution in [0.15, 0.2) is 6.20 Å². The van der Waals surface area contributed by atoms with Crippen molar-refractivity contribution < 1.29 is 4.92 Å². The first-order valence-corrected chi connectivity index (χ1v) is 5.84. The predicted octanol–water partition coefficient (Wildman–Crippen LogP) is 1.34. The van der Waals surface area contributed by atoms with Crippen molar-refractivity contribution in [3.8, 4) is 6.07 Å². The van der Waals surface area contributed by atoms with E-state index in [2.05, 4.69) is 9.97 Å². The molecule has 1 aromatic heterocycles. The molecule has 1 heterocycles. The molecule has 0 saturated heterocycles. The molecule has 0 aliphatic heterocycles. The van der Waals surface area contributed by atoms with Crippen molar-refractivity contribution in [2.24, 2.45) is 5.92 Å². The molecule has 0 amide bonds. The summed E-state index contributed by atoms with van der Waals surface area (Å²) in [6, 6.07) is 2.02. The van der Waals surface area contributed by atoms with Gasteiger partial charge in [0.05, 0.1) is 17.4 Å². The van der Waals surface area contributed by atoms with Crippen molar-refractivity contribution in [1.82, 2.24) is 9.97 Å². The Morgan fingerprint density at radius 3 is 2.84 bits per heavy atom. The lowest BCUT2D eigenvalue weighted by atomic mass is 10.2. The van der Waals surface area contributed by atoms with Gasteiger partial charge in [0, 0.05) is 13.1 Å². The third-order valence-electron chi connectivity index (χ3n) is 2.34. The molecular formula is C11H16N6O2. The fraction of sp³-hybridized carbons (Fsp3) is 0.545. The Morgan fingerprint density at radius 2 is 2.32 bits per heavy atom. The van der Waals surface area contributed by atoms with Crippen molar-refractivity contribution in [1.29, 1.82) is 5.26 Å². The molecule has 0 aliphatic rings. The first kappa shape index (κ1) is 14.6. The summed E-state index contributed by atoms with van der Waals surface area (Å²) >= 11 is 0. The molecule has 0 atom stereocenters. The third-order valence-corrected chi connectivity index (χ3v) is 2.34. The Morgan fingerprint density at radius 1 is 1.63 bits per heavy atom. The highest BCUT2D eigenvalue weighted by Crippen LogP contribution is 2.26. The smallest absolute Gasteiger partial charge is 0.329 e. The largest absolute Gasteiger partial charge is 0.368 e. The normalized spacial score (nSPS) is 10.2. The van der Waals surface area contributed by atoms with E-state index in [1.165, 1.54) is 0 Å². The van der Waals surface area contributed by atoms with Gasteiger partial charge in [-0.2, -0.15) is 10.2 Å². The van der Waals surface area contributed by atoms with Crippen LogP contribution in [0.5, 0.6) is 0 Å². The van der Waals surface area contributed by atoms with Crippen molar-refractivity contribution in [3.05, 3.63) is 16.3 Å². The van der Waals surface area contributed by atoms with Crippen LogP contribution in [0.3, 0.4) is 0 Å². The second-order valence-corrected chi connectivity index (χ2v) is 4.44. The van der Waals surface area contributed by atoms with E-state index in [0.29, 0.717) is 13.1 Å². The summed E-state index contributed by atoms with van der Waals surface area (Å²) in [4.78, 5) is 19.7. The maximum Gasteiger partial charge on any atom is 0.329 e. The molecule has 102 valence electrons. The zero-order valence-corrected chi connectivity index (χ0v) is 10.9. The van der Waals surface area contributed by atoms with Crippen molar-refractivity contribution in [3.63, 3.8) is 0 Å². The van der Waals surface area contributed by atoms with Gasteiger partial charge in [0.15, 0.2) is 0 Å². The Labute approximate surface area is 111 Å². The summed E-state index contributed by atoms with van der Waals surface area (Å²) in [6.45, 7) is 4.89. The lowest BCUT2D eigenvalue weighted by Gasteiger charge is -2.24. The number of nitrogens with two attached hydrogens (primary N) is 1. The molecule has 1 aromatic rings. The van der Waals surface area contributed by atoms with E-state index in [0.717, 1.165) is 6.20 Å². The minimum Gasteiger partial charge on any atom is -0.368 e. The Kier molecular flexibility index (Phi) is 5.00. The summed E-state index contributed by atoms with van der Waals surface area (Å²) in [6.07, 6.45) is 1.35. The molecule has 0 saturated carbocycles. The highest BCUT2D eigenvalue weighted by molar-refractivity contribution is 5.58. The topological polar surface area (TPSA) is 122 Å². The third kappa shape index (κ3) is 4.06. The van der Waals surface area contributed by atoms with Crippen LogP contribution in [0, 0.1) is 27.4 Å². The molecule has 0 aromatic carbocycles. The molecule has 19 heavy (non-hydrogen) atoms.